The van der Waals surface area contributed by atoms with Crippen LogP contribution in [0.25, 0.3) is 0 Å². The lowest BCUT2D eigenvalue weighted by atomic mass is 9.99. The molecule has 0 bridgehead atoms. The predicted molar refractivity (Wildman–Crippen MR) is 65.6 cm³/mol. The average molecular weight is 272 g/mol. The standard InChI is InChI=1S/C13H12ClF2NO/c1-6-3-8(7(2)18-6)13(17)9-4-12(16)10(14)5-11(9)15/h3-5,13H,17H2,1-2H3. The lowest BCUT2D eigenvalue weighted by Crippen LogP contribution is -2.14. The third-order valence-corrected chi connectivity index (χ3v) is 3.08. The molecule has 0 aliphatic heterocycles. The summed E-state index contributed by atoms with van der Waals surface area (Å²) >= 11 is 5.50. The van der Waals surface area contributed by atoms with Crippen molar-refractivity contribution in [3.05, 3.63) is 57.5 Å². The van der Waals surface area contributed by atoms with E-state index in [0.717, 1.165) is 12.1 Å². The Balaban J connectivity index is 2.49. The molecule has 1 aromatic heterocycles. The third kappa shape index (κ3) is 2.26. The van der Waals surface area contributed by atoms with Gasteiger partial charge < -0.3 is 10.2 Å². The molecule has 2 nitrogen and oxygen atoms in total. The van der Waals surface area contributed by atoms with Gasteiger partial charge in [0.15, 0.2) is 0 Å². The van der Waals surface area contributed by atoms with Crippen molar-refractivity contribution >= 4 is 11.6 Å². The third-order valence-electron chi connectivity index (χ3n) is 2.79. The fraction of sp³-hybridized carbons (Fsp3) is 0.231. The van der Waals surface area contributed by atoms with Crippen molar-refractivity contribution in [1.82, 2.24) is 0 Å². The first-order valence-electron chi connectivity index (χ1n) is 5.37. The van der Waals surface area contributed by atoms with E-state index < -0.39 is 17.7 Å². The minimum absolute atomic E-state index is 0.0563. The molecule has 0 saturated carbocycles. The lowest BCUT2D eigenvalue weighted by molar-refractivity contribution is 0.498. The van der Waals surface area contributed by atoms with Crippen LogP contribution in [0.2, 0.25) is 5.02 Å². The van der Waals surface area contributed by atoms with E-state index in [0.29, 0.717) is 17.1 Å². The molecule has 0 amide bonds. The smallest absolute Gasteiger partial charge is 0.142 e. The van der Waals surface area contributed by atoms with Crippen LogP contribution >= 0.6 is 11.6 Å². The highest BCUT2D eigenvalue weighted by atomic mass is 35.5. The van der Waals surface area contributed by atoms with E-state index in [2.05, 4.69) is 0 Å². The molecule has 0 saturated heterocycles. The molecule has 0 aliphatic carbocycles. The monoisotopic (exact) mass is 271 g/mol. The SMILES string of the molecule is Cc1cc(C(N)c2cc(F)c(Cl)cc2F)c(C)o1. The molecule has 18 heavy (non-hydrogen) atoms. The van der Waals surface area contributed by atoms with Crippen LogP contribution in [0.1, 0.15) is 28.7 Å². The molecule has 2 rings (SSSR count). The summed E-state index contributed by atoms with van der Waals surface area (Å²) in [4.78, 5) is 0. The fourth-order valence-electron chi connectivity index (χ4n) is 1.90. The summed E-state index contributed by atoms with van der Waals surface area (Å²) < 4.78 is 32.4. The largest absolute Gasteiger partial charge is 0.466 e. The van der Waals surface area contributed by atoms with Gasteiger partial charge >= 0.3 is 0 Å². The maximum Gasteiger partial charge on any atom is 0.142 e. The molecular formula is C13H12ClF2NO. The summed E-state index contributed by atoms with van der Waals surface area (Å²) in [5.41, 5.74) is 6.63. The van der Waals surface area contributed by atoms with Gasteiger partial charge in [0, 0.05) is 11.1 Å². The van der Waals surface area contributed by atoms with E-state index in [9.17, 15) is 8.78 Å². The zero-order valence-corrected chi connectivity index (χ0v) is 10.7. The van der Waals surface area contributed by atoms with Gasteiger partial charge in [0.1, 0.15) is 23.2 Å². The van der Waals surface area contributed by atoms with Crippen LogP contribution < -0.4 is 5.73 Å². The Kier molecular flexibility index (Phi) is 3.41. The van der Waals surface area contributed by atoms with Crippen molar-refractivity contribution in [2.75, 3.05) is 0 Å². The second-order valence-corrected chi connectivity index (χ2v) is 4.54. The van der Waals surface area contributed by atoms with Crippen LogP contribution in [0.3, 0.4) is 0 Å². The van der Waals surface area contributed by atoms with Gasteiger partial charge in [-0.3, -0.25) is 0 Å². The van der Waals surface area contributed by atoms with E-state index >= 15 is 0 Å². The lowest BCUT2D eigenvalue weighted by Gasteiger charge is -2.13. The normalized spacial score (nSPS) is 12.8. The van der Waals surface area contributed by atoms with Gasteiger partial charge in [-0.05, 0) is 32.0 Å². The number of hydrogen-bond acceptors (Lipinski definition) is 2. The van der Waals surface area contributed by atoms with Crippen LogP contribution in [0.5, 0.6) is 0 Å². The Morgan fingerprint density at radius 1 is 1.11 bits per heavy atom. The molecule has 1 aromatic carbocycles. The Hall–Kier alpha value is -1.39. The van der Waals surface area contributed by atoms with E-state index in [4.69, 9.17) is 21.8 Å². The minimum atomic E-state index is -0.783. The summed E-state index contributed by atoms with van der Waals surface area (Å²) in [5, 5.41) is -0.261. The minimum Gasteiger partial charge on any atom is -0.466 e. The number of halogens is 3. The summed E-state index contributed by atoms with van der Waals surface area (Å²) in [7, 11) is 0. The van der Waals surface area contributed by atoms with E-state index in [-0.39, 0.29) is 10.6 Å². The molecule has 0 aliphatic rings. The average Bonchev–Trinajstić information content (AvgIpc) is 2.62. The molecule has 1 unspecified atom stereocenters. The molecule has 0 fully saturated rings. The van der Waals surface area contributed by atoms with Crippen molar-refractivity contribution in [1.29, 1.82) is 0 Å². The van der Waals surface area contributed by atoms with Crippen molar-refractivity contribution < 1.29 is 13.2 Å². The Morgan fingerprint density at radius 2 is 1.78 bits per heavy atom. The number of hydrogen-bond donors (Lipinski definition) is 1. The molecule has 5 heteroatoms. The second kappa shape index (κ2) is 4.71. The van der Waals surface area contributed by atoms with Gasteiger partial charge in [0.05, 0.1) is 11.1 Å². The van der Waals surface area contributed by atoms with Crippen molar-refractivity contribution in [2.24, 2.45) is 5.73 Å². The summed E-state index contributed by atoms with van der Waals surface area (Å²) in [6.07, 6.45) is 0. The Bertz CT molecular complexity index is 595. The number of benzene rings is 1. The summed E-state index contributed by atoms with van der Waals surface area (Å²) in [6.45, 7) is 3.49. The number of rotatable bonds is 2. The fourth-order valence-corrected chi connectivity index (χ4v) is 2.05. The first kappa shape index (κ1) is 13.1. The van der Waals surface area contributed by atoms with E-state index in [1.807, 2.05) is 0 Å². The first-order valence-corrected chi connectivity index (χ1v) is 5.75. The van der Waals surface area contributed by atoms with E-state index in [1.165, 1.54) is 0 Å². The Morgan fingerprint density at radius 3 is 2.33 bits per heavy atom. The molecule has 96 valence electrons. The number of nitrogens with two attached hydrogens (primary N) is 1. The molecule has 1 atom stereocenters. The van der Waals surface area contributed by atoms with Crippen molar-refractivity contribution in [3.8, 4) is 0 Å². The molecule has 2 aromatic rings. The van der Waals surface area contributed by atoms with E-state index in [1.54, 1.807) is 19.9 Å². The topological polar surface area (TPSA) is 39.2 Å². The zero-order chi connectivity index (χ0) is 13.4. The van der Waals surface area contributed by atoms with Gasteiger partial charge in [-0.15, -0.1) is 0 Å². The molecule has 2 N–H and O–H groups in total. The van der Waals surface area contributed by atoms with Crippen molar-refractivity contribution in [2.45, 2.75) is 19.9 Å². The van der Waals surface area contributed by atoms with Crippen LogP contribution in [-0.2, 0) is 0 Å². The highest BCUT2D eigenvalue weighted by Crippen LogP contribution is 2.29. The predicted octanol–water partition coefficient (Wildman–Crippen LogP) is 3.88. The van der Waals surface area contributed by atoms with Crippen LogP contribution in [0, 0.1) is 25.5 Å². The first-order chi connectivity index (χ1) is 8.40. The van der Waals surface area contributed by atoms with Crippen LogP contribution in [0.15, 0.2) is 22.6 Å². The molecule has 0 radical (unpaired) electrons. The molecular weight excluding hydrogens is 260 g/mol. The number of aryl methyl sites for hydroxylation is 2. The molecule has 1 heterocycles. The Labute approximate surface area is 108 Å². The quantitative estimate of drug-likeness (QED) is 0.842. The second-order valence-electron chi connectivity index (χ2n) is 4.13. The van der Waals surface area contributed by atoms with Gasteiger partial charge in [0.25, 0.3) is 0 Å². The van der Waals surface area contributed by atoms with Gasteiger partial charge in [-0.1, -0.05) is 11.6 Å². The maximum absolute atomic E-state index is 13.7. The number of furan rings is 1. The van der Waals surface area contributed by atoms with Crippen LogP contribution in [-0.4, -0.2) is 0 Å². The maximum atomic E-state index is 13.7. The highest BCUT2D eigenvalue weighted by Gasteiger charge is 2.20. The highest BCUT2D eigenvalue weighted by molar-refractivity contribution is 6.30. The van der Waals surface area contributed by atoms with Crippen LogP contribution in [0.4, 0.5) is 8.78 Å². The van der Waals surface area contributed by atoms with Crippen molar-refractivity contribution in [3.63, 3.8) is 0 Å². The van der Waals surface area contributed by atoms with Gasteiger partial charge in [-0.2, -0.15) is 0 Å². The molecule has 0 spiro atoms. The van der Waals surface area contributed by atoms with Gasteiger partial charge in [-0.25, -0.2) is 8.78 Å². The summed E-state index contributed by atoms with van der Waals surface area (Å²) in [5.74, 6) is -0.0592. The van der Waals surface area contributed by atoms with Gasteiger partial charge in [0.2, 0.25) is 0 Å². The summed E-state index contributed by atoms with van der Waals surface area (Å²) in [6, 6.07) is 2.87. The zero-order valence-electron chi connectivity index (χ0n) is 9.93.